The van der Waals surface area contributed by atoms with Crippen LogP contribution in [0.3, 0.4) is 0 Å². The maximum absolute atomic E-state index is 4.26. The van der Waals surface area contributed by atoms with Crippen LogP contribution in [0.4, 0.5) is 0 Å². The van der Waals surface area contributed by atoms with Crippen LogP contribution < -0.4 is 0 Å². The molecule has 3 aromatic carbocycles. The van der Waals surface area contributed by atoms with Crippen molar-refractivity contribution in [2.75, 3.05) is 0 Å². The van der Waals surface area contributed by atoms with Gasteiger partial charge in [0.2, 0.25) is 0 Å². The minimum Gasteiger partial charge on any atom is -0.158 e. The molecule has 0 saturated carbocycles. The van der Waals surface area contributed by atoms with Gasteiger partial charge in [0.15, 0.2) is 0 Å². The van der Waals surface area contributed by atoms with Gasteiger partial charge in [-0.25, -0.2) is 0 Å². The second-order valence-corrected chi connectivity index (χ2v) is 6.31. The van der Waals surface area contributed by atoms with Crippen molar-refractivity contribution in [1.29, 1.82) is 0 Å². The molecule has 0 bridgehead atoms. The molecule has 0 aliphatic rings. The molecule has 3 heteroatoms. The summed E-state index contributed by atoms with van der Waals surface area (Å²) in [6, 6.07) is 25.0. The predicted octanol–water partition coefficient (Wildman–Crippen LogP) is 5.73. The van der Waals surface area contributed by atoms with Crippen LogP contribution >= 0.6 is 15.9 Å². The minimum absolute atomic E-state index is 0.878. The zero-order chi connectivity index (χ0) is 15.6. The largest absolute Gasteiger partial charge is 0.158 e. The van der Waals surface area contributed by atoms with Gasteiger partial charge in [0.25, 0.3) is 0 Å². The molecule has 0 N–H and O–H groups in total. The first-order chi connectivity index (χ1) is 11.3. The molecular formula is C20H13BrN2. The molecule has 0 atom stereocenters. The SMILES string of the molecule is Brc1ccc(-c2cc(-c3ccc4ccccc4c3)cnn2)cc1. The lowest BCUT2D eigenvalue weighted by molar-refractivity contribution is 1.04. The van der Waals surface area contributed by atoms with Gasteiger partial charge in [0.1, 0.15) is 0 Å². The number of nitrogens with zero attached hydrogens (tertiary/aromatic N) is 2. The van der Waals surface area contributed by atoms with Crippen molar-refractivity contribution in [3.05, 3.63) is 83.5 Å². The van der Waals surface area contributed by atoms with Gasteiger partial charge in [-0.2, -0.15) is 10.2 Å². The molecule has 0 fully saturated rings. The molecule has 0 radical (unpaired) electrons. The Morgan fingerprint density at radius 1 is 0.652 bits per heavy atom. The van der Waals surface area contributed by atoms with E-state index in [-0.39, 0.29) is 0 Å². The Labute approximate surface area is 143 Å². The summed E-state index contributed by atoms with van der Waals surface area (Å²) >= 11 is 3.46. The average Bonchev–Trinajstić information content (AvgIpc) is 2.62. The summed E-state index contributed by atoms with van der Waals surface area (Å²) < 4.78 is 1.06. The number of hydrogen-bond acceptors (Lipinski definition) is 2. The van der Waals surface area contributed by atoms with Gasteiger partial charge < -0.3 is 0 Å². The smallest absolute Gasteiger partial charge is 0.0935 e. The summed E-state index contributed by atoms with van der Waals surface area (Å²) in [4.78, 5) is 0. The highest BCUT2D eigenvalue weighted by Crippen LogP contribution is 2.27. The topological polar surface area (TPSA) is 25.8 Å². The third-order valence-corrected chi connectivity index (χ3v) is 4.41. The molecule has 23 heavy (non-hydrogen) atoms. The summed E-state index contributed by atoms with van der Waals surface area (Å²) in [5, 5.41) is 10.9. The molecule has 0 amide bonds. The molecule has 1 aromatic heterocycles. The van der Waals surface area contributed by atoms with Crippen molar-refractivity contribution in [3.63, 3.8) is 0 Å². The van der Waals surface area contributed by atoms with E-state index in [2.05, 4.69) is 74.7 Å². The summed E-state index contributed by atoms with van der Waals surface area (Å²) in [5.41, 5.74) is 4.16. The average molecular weight is 361 g/mol. The number of aromatic nitrogens is 2. The van der Waals surface area contributed by atoms with E-state index in [9.17, 15) is 0 Å². The van der Waals surface area contributed by atoms with Gasteiger partial charge in [-0.1, -0.05) is 64.5 Å². The van der Waals surface area contributed by atoms with Crippen LogP contribution in [0.5, 0.6) is 0 Å². The molecule has 0 aliphatic heterocycles. The third kappa shape index (κ3) is 2.88. The van der Waals surface area contributed by atoms with Gasteiger partial charge in [-0.15, -0.1) is 0 Å². The van der Waals surface area contributed by atoms with Crippen LogP contribution in [0.1, 0.15) is 0 Å². The number of benzene rings is 3. The molecule has 110 valence electrons. The van der Waals surface area contributed by atoms with E-state index in [1.54, 1.807) is 0 Å². The maximum Gasteiger partial charge on any atom is 0.0935 e. The summed E-state index contributed by atoms with van der Waals surface area (Å²) in [5.74, 6) is 0. The lowest BCUT2D eigenvalue weighted by Gasteiger charge is -2.06. The molecule has 0 aliphatic carbocycles. The Balaban J connectivity index is 1.79. The molecule has 4 rings (SSSR count). The Bertz CT molecular complexity index is 978. The fraction of sp³-hybridized carbons (Fsp3) is 0. The fourth-order valence-electron chi connectivity index (χ4n) is 2.66. The van der Waals surface area contributed by atoms with Crippen LogP contribution in [0.15, 0.2) is 83.5 Å². The van der Waals surface area contributed by atoms with Crippen molar-refractivity contribution in [2.24, 2.45) is 0 Å². The van der Waals surface area contributed by atoms with E-state index in [1.807, 2.05) is 30.5 Å². The van der Waals surface area contributed by atoms with E-state index in [0.717, 1.165) is 26.9 Å². The van der Waals surface area contributed by atoms with E-state index in [0.29, 0.717) is 0 Å². The van der Waals surface area contributed by atoms with Crippen LogP contribution in [-0.4, -0.2) is 10.2 Å². The highest BCUT2D eigenvalue weighted by molar-refractivity contribution is 9.10. The zero-order valence-corrected chi connectivity index (χ0v) is 13.9. The summed E-state index contributed by atoms with van der Waals surface area (Å²) in [6.07, 6.45) is 1.81. The van der Waals surface area contributed by atoms with Crippen LogP contribution in [0.2, 0.25) is 0 Å². The Morgan fingerprint density at radius 2 is 1.39 bits per heavy atom. The standard InChI is InChI=1S/C20H13BrN2/c21-19-9-7-15(8-10-19)20-12-18(13-22-23-20)17-6-5-14-3-1-2-4-16(14)11-17/h1-13H. The molecule has 4 aromatic rings. The Kier molecular flexibility index (Phi) is 3.64. The fourth-order valence-corrected chi connectivity index (χ4v) is 2.92. The molecular weight excluding hydrogens is 348 g/mol. The highest BCUT2D eigenvalue weighted by Gasteiger charge is 2.05. The molecule has 2 nitrogen and oxygen atoms in total. The third-order valence-electron chi connectivity index (χ3n) is 3.88. The van der Waals surface area contributed by atoms with E-state index < -0.39 is 0 Å². The zero-order valence-electron chi connectivity index (χ0n) is 12.3. The second kappa shape index (κ2) is 5.94. The van der Waals surface area contributed by atoms with Crippen LogP contribution in [-0.2, 0) is 0 Å². The first kappa shape index (κ1) is 14.1. The Morgan fingerprint density at radius 3 is 2.22 bits per heavy atom. The van der Waals surface area contributed by atoms with Crippen molar-refractivity contribution >= 4 is 26.7 Å². The van der Waals surface area contributed by atoms with Gasteiger partial charge in [-0.05, 0) is 40.6 Å². The van der Waals surface area contributed by atoms with Gasteiger partial charge in [-0.3, -0.25) is 0 Å². The minimum atomic E-state index is 0.878. The first-order valence-corrected chi connectivity index (χ1v) is 8.17. The number of halogens is 1. The first-order valence-electron chi connectivity index (χ1n) is 7.37. The van der Waals surface area contributed by atoms with Gasteiger partial charge >= 0.3 is 0 Å². The number of fused-ring (bicyclic) bond motifs is 1. The molecule has 1 heterocycles. The van der Waals surface area contributed by atoms with Gasteiger partial charge in [0.05, 0.1) is 11.9 Å². The maximum atomic E-state index is 4.26. The lowest BCUT2D eigenvalue weighted by atomic mass is 10.0. The van der Waals surface area contributed by atoms with E-state index in [1.165, 1.54) is 10.8 Å². The monoisotopic (exact) mass is 360 g/mol. The predicted molar refractivity (Wildman–Crippen MR) is 98.1 cm³/mol. The molecule has 0 saturated heterocycles. The normalized spacial score (nSPS) is 10.8. The summed E-state index contributed by atoms with van der Waals surface area (Å²) in [6.45, 7) is 0. The van der Waals surface area contributed by atoms with Crippen molar-refractivity contribution in [3.8, 4) is 22.4 Å². The van der Waals surface area contributed by atoms with Crippen LogP contribution in [0.25, 0.3) is 33.2 Å². The quantitative estimate of drug-likeness (QED) is 0.456. The van der Waals surface area contributed by atoms with E-state index in [4.69, 9.17) is 0 Å². The highest BCUT2D eigenvalue weighted by atomic mass is 79.9. The number of hydrogen-bond donors (Lipinski definition) is 0. The lowest BCUT2D eigenvalue weighted by Crippen LogP contribution is -1.89. The van der Waals surface area contributed by atoms with Crippen molar-refractivity contribution < 1.29 is 0 Å². The second-order valence-electron chi connectivity index (χ2n) is 5.40. The molecule has 0 unspecified atom stereocenters. The van der Waals surface area contributed by atoms with Crippen LogP contribution in [0, 0.1) is 0 Å². The number of rotatable bonds is 2. The molecule has 0 spiro atoms. The van der Waals surface area contributed by atoms with Crippen molar-refractivity contribution in [2.45, 2.75) is 0 Å². The summed E-state index contributed by atoms with van der Waals surface area (Å²) in [7, 11) is 0. The Hall–Kier alpha value is -2.52. The van der Waals surface area contributed by atoms with E-state index >= 15 is 0 Å². The van der Waals surface area contributed by atoms with Gasteiger partial charge in [0, 0.05) is 15.6 Å². The van der Waals surface area contributed by atoms with Crippen molar-refractivity contribution in [1.82, 2.24) is 10.2 Å².